The molecule has 8 heteroatoms. The molecule has 1 aliphatic rings. The summed E-state index contributed by atoms with van der Waals surface area (Å²) in [5.41, 5.74) is 1.72. The Morgan fingerprint density at radius 3 is 2.78 bits per heavy atom. The van der Waals surface area contributed by atoms with Gasteiger partial charge in [0.2, 0.25) is 11.0 Å². The average Bonchev–Trinajstić information content (AvgIpc) is 3.27. The monoisotopic (exact) mass is 343 g/mol. The fraction of sp³-hybridized carbons (Fsp3) is 0.267. The maximum absolute atomic E-state index is 11.8. The highest BCUT2D eigenvalue weighted by Gasteiger charge is 2.34. The SMILES string of the molecule is CC(=O)N(c1nnc(Sc2cnc3ccccc3n2)s1)C1CC1. The Morgan fingerprint density at radius 1 is 1.26 bits per heavy atom. The number of carbonyl (C=O) groups is 1. The summed E-state index contributed by atoms with van der Waals surface area (Å²) >= 11 is 2.83. The highest BCUT2D eigenvalue weighted by Crippen LogP contribution is 2.37. The van der Waals surface area contributed by atoms with Gasteiger partial charge in [-0.2, -0.15) is 0 Å². The molecule has 0 atom stereocenters. The van der Waals surface area contributed by atoms with E-state index >= 15 is 0 Å². The lowest BCUT2D eigenvalue weighted by atomic mass is 10.3. The first-order chi connectivity index (χ1) is 11.2. The summed E-state index contributed by atoms with van der Waals surface area (Å²) in [5.74, 6) is 0.0192. The van der Waals surface area contributed by atoms with E-state index in [-0.39, 0.29) is 5.91 Å². The van der Waals surface area contributed by atoms with Crippen LogP contribution in [0.1, 0.15) is 19.8 Å². The Balaban J connectivity index is 1.57. The molecule has 116 valence electrons. The number of para-hydroxylation sites is 2. The second kappa shape index (κ2) is 5.86. The third kappa shape index (κ3) is 3.04. The first-order valence-electron chi connectivity index (χ1n) is 7.23. The number of fused-ring (bicyclic) bond motifs is 1. The van der Waals surface area contributed by atoms with E-state index < -0.39 is 0 Å². The molecular weight excluding hydrogens is 330 g/mol. The number of anilines is 1. The van der Waals surface area contributed by atoms with Crippen molar-refractivity contribution in [2.75, 3.05) is 4.90 Å². The molecule has 0 saturated heterocycles. The molecule has 3 aromatic rings. The number of aromatic nitrogens is 4. The summed E-state index contributed by atoms with van der Waals surface area (Å²) in [6.07, 6.45) is 3.81. The van der Waals surface area contributed by atoms with Crippen LogP contribution in [0.2, 0.25) is 0 Å². The second-order valence-corrected chi connectivity index (χ2v) is 7.49. The molecule has 0 radical (unpaired) electrons. The standard InChI is InChI=1S/C15H13N5OS2/c1-9(21)20(10-6-7-10)14-18-19-15(23-14)22-13-8-16-11-4-2-3-5-12(11)17-13/h2-5,8,10H,6-7H2,1H3. The van der Waals surface area contributed by atoms with Crippen LogP contribution in [-0.2, 0) is 4.79 Å². The zero-order valence-corrected chi connectivity index (χ0v) is 14.0. The van der Waals surface area contributed by atoms with E-state index in [1.807, 2.05) is 24.3 Å². The second-order valence-electron chi connectivity index (χ2n) is 5.27. The minimum Gasteiger partial charge on any atom is -0.284 e. The predicted molar refractivity (Wildman–Crippen MR) is 89.8 cm³/mol. The van der Waals surface area contributed by atoms with E-state index in [0.29, 0.717) is 11.2 Å². The van der Waals surface area contributed by atoms with Crippen LogP contribution in [0.3, 0.4) is 0 Å². The van der Waals surface area contributed by atoms with Gasteiger partial charge in [-0.3, -0.25) is 14.7 Å². The van der Waals surface area contributed by atoms with Gasteiger partial charge < -0.3 is 0 Å². The van der Waals surface area contributed by atoms with Crippen molar-refractivity contribution in [3.8, 4) is 0 Å². The van der Waals surface area contributed by atoms with Gasteiger partial charge in [0.15, 0.2) is 4.34 Å². The Bertz CT molecular complexity index is 877. The van der Waals surface area contributed by atoms with Crippen LogP contribution in [0.25, 0.3) is 11.0 Å². The van der Waals surface area contributed by atoms with Crippen molar-refractivity contribution in [3.05, 3.63) is 30.5 Å². The summed E-state index contributed by atoms with van der Waals surface area (Å²) in [5, 5.41) is 9.77. The molecule has 0 N–H and O–H groups in total. The third-order valence-corrected chi connectivity index (χ3v) is 5.35. The first kappa shape index (κ1) is 14.5. The highest BCUT2D eigenvalue weighted by molar-refractivity contribution is 8.01. The van der Waals surface area contributed by atoms with Gasteiger partial charge in [-0.05, 0) is 36.7 Å². The van der Waals surface area contributed by atoms with Gasteiger partial charge in [-0.25, -0.2) is 4.98 Å². The molecular formula is C15H13N5OS2. The average molecular weight is 343 g/mol. The lowest BCUT2D eigenvalue weighted by Gasteiger charge is -2.15. The number of amides is 1. The topological polar surface area (TPSA) is 71.9 Å². The van der Waals surface area contributed by atoms with Crippen LogP contribution < -0.4 is 4.90 Å². The Labute approximate surface area is 141 Å². The Kier molecular flexibility index (Phi) is 3.70. The summed E-state index contributed by atoms with van der Waals surface area (Å²) < 4.78 is 0.761. The van der Waals surface area contributed by atoms with E-state index in [1.165, 1.54) is 23.1 Å². The maximum atomic E-state index is 11.8. The quantitative estimate of drug-likeness (QED) is 0.678. The normalized spacial score (nSPS) is 14.1. The molecule has 0 spiro atoms. The zero-order chi connectivity index (χ0) is 15.8. The van der Waals surface area contributed by atoms with Crippen molar-refractivity contribution in [2.24, 2.45) is 0 Å². The largest absolute Gasteiger partial charge is 0.284 e. The van der Waals surface area contributed by atoms with Crippen LogP contribution in [-0.4, -0.2) is 32.1 Å². The predicted octanol–water partition coefficient (Wildman–Crippen LogP) is 3.15. The fourth-order valence-electron chi connectivity index (χ4n) is 2.30. The van der Waals surface area contributed by atoms with E-state index in [1.54, 1.807) is 18.0 Å². The van der Waals surface area contributed by atoms with Crippen LogP contribution >= 0.6 is 23.1 Å². The third-order valence-electron chi connectivity index (χ3n) is 3.47. The number of benzene rings is 1. The van der Waals surface area contributed by atoms with Crippen molar-refractivity contribution in [1.82, 2.24) is 20.2 Å². The molecule has 1 saturated carbocycles. The number of rotatable bonds is 4. The lowest BCUT2D eigenvalue weighted by Crippen LogP contribution is -2.30. The summed E-state index contributed by atoms with van der Waals surface area (Å²) in [4.78, 5) is 22.5. The maximum Gasteiger partial charge on any atom is 0.225 e. The zero-order valence-electron chi connectivity index (χ0n) is 12.3. The van der Waals surface area contributed by atoms with Gasteiger partial charge in [0.1, 0.15) is 5.03 Å². The summed E-state index contributed by atoms with van der Waals surface area (Å²) in [6, 6.07) is 8.03. The molecule has 1 amide bonds. The molecule has 0 bridgehead atoms. The number of hydrogen-bond acceptors (Lipinski definition) is 7. The molecule has 1 fully saturated rings. The molecule has 4 rings (SSSR count). The molecule has 23 heavy (non-hydrogen) atoms. The van der Waals surface area contributed by atoms with Crippen molar-refractivity contribution >= 4 is 45.2 Å². The van der Waals surface area contributed by atoms with Crippen LogP contribution in [0.4, 0.5) is 5.13 Å². The smallest absolute Gasteiger partial charge is 0.225 e. The van der Waals surface area contributed by atoms with E-state index in [2.05, 4.69) is 20.2 Å². The van der Waals surface area contributed by atoms with Crippen LogP contribution in [0, 0.1) is 0 Å². The van der Waals surface area contributed by atoms with Crippen molar-refractivity contribution in [1.29, 1.82) is 0 Å². The minimum absolute atomic E-state index is 0.0192. The van der Waals surface area contributed by atoms with Crippen molar-refractivity contribution in [3.63, 3.8) is 0 Å². The van der Waals surface area contributed by atoms with E-state index in [0.717, 1.165) is 33.2 Å². The van der Waals surface area contributed by atoms with Gasteiger partial charge in [-0.15, -0.1) is 10.2 Å². The highest BCUT2D eigenvalue weighted by atomic mass is 32.2. The van der Waals surface area contributed by atoms with E-state index in [9.17, 15) is 4.79 Å². The number of hydrogen-bond donors (Lipinski definition) is 0. The van der Waals surface area contributed by atoms with Crippen molar-refractivity contribution < 1.29 is 4.79 Å². The van der Waals surface area contributed by atoms with Crippen LogP contribution in [0.15, 0.2) is 39.8 Å². The molecule has 0 unspecified atom stereocenters. The van der Waals surface area contributed by atoms with Gasteiger partial charge in [0.25, 0.3) is 0 Å². The lowest BCUT2D eigenvalue weighted by molar-refractivity contribution is -0.116. The van der Waals surface area contributed by atoms with Gasteiger partial charge >= 0.3 is 0 Å². The summed E-state index contributed by atoms with van der Waals surface area (Å²) in [7, 11) is 0. The summed E-state index contributed by atoms with van der Waals surface area (Å²) in [6.45, 7) is 1.57. The van der Waals surface area contributed by atoms with E-state index in [4.69, 9.17) is 0 Å². The Hall–Kier alpha value is -2.06. The first-order valence-corrected chi connectivity index (χ1v) is 8.87. The molecule has 6 nitrogen and oxygen atoms in total. The minimum atomic E-state index is 0.0192. The van der Waals surface area contributed by atoms with Crippen LogP contribution in [0.5, 0.6) is 0 Å². The molecule has 0 aliphatic heterocycles. The fourth-order valence-corrected chi connectivity index (χ4v) is 4.15. The van der Waals surface area contributed by atoms with Gasteiger partial charge in [0, 0.05) is 13.0 Å². The van der Waals surface area contributed by atoms with Crippen molar-refractivity contribution in [2.45, 2.75) is 35.2 Å². The molecule has 2 heterocycles. The molecule has 1 aliphatic carbocycles. The Morgan fingerprint density at radius 2 is 2.04 bits per heavy atom. The number of carbonyl (C=O) groups excluding carboxylic acids is 1. The van der Waals surface area contributed by atoms with Gasteiger partial charge in [0.05, 0.1) is 17.2 Å². The number of nitrogens with zero attached hydrogens (tertiary/aromatic N) is 5. The van der Waals surface area contributed by atoms with Gasteiger partial charge in [-0.1, -0.05) is 23.5 Å². The molecule has 2 aromatic heterocycles. The molecule has 1 aromatic carbocycles.